The van der Waals surface area contributed by atoms with Crippen LogP contribution >= 0.6 is 0 Å². The predicted octanol–water partition coefficient (Wildman–Crippen LogP) is 0.838. The molecule has 0 aromatic heterocycles. The Balaban J connectivity index is 2.03. The molecule has 1 atom stereocenters. The highest BCUT2D eigenvalue weighted by molar-refractivity contribution is 5.87. The number of morpholine rings is 1. The molecule has 0 saturated carbocycles. The van der Waals surface area contributed by atoms with Crippen molar-refractivity contribution in [1.29, 1.82) is 0 Å². The Morgan fingerprint density at radius 1 is 1.44 bits per heavy atom. The van der Waals surface area contributed by atoms with Gasteiger partial charge in [-0.3, -0.25) is 0 Å². The summed E-state index contributed by atoms with van der Waals surface area (Å²) >= 11 is 0. The summed E-state index contributed by atoms with van der Waals surface area (Å²) in [4.78, 5) is 10.6. The van der Waals surface area contributed by atoms with E-state index >= 15 is 0 Å². The number of hydrogen-bond donors (Lipinski definition) is 3. The minimum absolute atomic E-state index is 0.0939. The van der Waals surface area contributed by atoms with Crippen molar-refractivity contribution in [2.24, 2.45) is 5.73 Å². The highest BCUT2D eigenvalue weighted by Gasteiger charge is 2.15. The smallest absolute Gasteiger partial charge is 0.316 e. The number of carbonyl (C=O) groups is 1. The lowest BCUT2D eigenvalue weighted by atomic mass is 10.1. The zero-order chi connectivity index (χ0) is 11.4. The summed E-state index contributed by atoms with van der Waals surface area (Å²) in [7, 11) is 0. The van der Waals surface area contributed by atoms with Crippen LogP contribution in [-0.2, 0) is 4.74 Å². The van der Waals surface area contributed by atoms with Gasteiger partial charge in [-0.2, -0.15) is 0 Å². The first kappa shape index (κ1) is 10.9. The van der Waals surface area contributed by atoms with E-state index in [-0.39, 0.29) is 6.10 Å². The van der Waals surface area contributed by atoms with Gasteiger partial charge in [-0.15, -0.1) is 0 Å². The number of hydrogen-bond acceptors (Lipinski definition) is 3. The summed E-state index contributed by atoms with van der Waals surface area (Å²) in [5.74, 6) is 0. The molecule has 0 spiro atoms. The van der Waals surface area contributed by atoms with Gasteiger partial charge in [-0.25, -0.2) is 4.79 Å². The lowest BCUT2D eigenvalue weighted by molar-refractivity contribution is 0.0277. The van der Waals surface area contributed by atoms with Crippen molar-refractivity contribution in [1.82, 2.24) is 5.32 Å². The minimum Gasteiger partial charge on any atom is -0.371 e. The fourth-order valence-corrected chi connectivity index (χ4v) is 1.70. The van der Waals surface area contributed by atoms with Gasteiger partial charge in [0.05, 0.1) is 12.7 Å². The molecule has 1 aliphatic rings. The largest absolute Gasteiger partial charge is 0.371 e. The molecule has 1 heterocycles. The summed E-state index contributed by atoms with van der Waals surface area (Å²) in [6.07, 6.45) is 0.0939. The number of amides is 2. The van der Waals surface area contributed by atoms with E-state index in [0.717, 1.165) is 25.3 Å². The van der Waals surface area contributed by atoms with E-state index in [4.69, 9.17) is 10.5 Å². The molecule has 5 nitrogen and oxygen atoms in total. The first-order valence-corrected chi connectivity index (χ1v) is 5.24. The number of primary amides is 1. The fraction of sp³-hybridized carbons (Fsp3) is 0.364. The number of nitrogens with one attached hydrogen (secondary N) is 2. The van der Waals surface area contributed by atoms with Gasteiger partial charge >= 0.3 is 6.03 Å². The van der Waals surface area contributed by atoms with Crippen molar-refractivity contribution in [3.05, 3.63) is 29.8 Å². The maximum absolute atomic E-state index is 10.6. The van der Waals surface area contributed by atoms with E-state index in [1.165, 1.54) is 0 Å². The van der Waals surface area contributed by atoms with Gasteiger partial charge in [0.1, 0.15) is 0 Å². The summed E-state index contributed by atoms with van der Waals surface area (Å²) in [6, 6.07) is 6.95. The van der Waals surface area contributed by atoms with Gasteiger partial charge in [-0.1, -0.05) is 12.1 Å². The number of nitrogens with two attached hydrogens (primary N) is 1. The Kier molecular flexibility index (Phi) is 3.38. The molecule has 1 unspecified atom stereocenters. The van der Waals surface area contributed by atoms with Crippen LogP contribution in [-0.4, -0.2) is 25.7 Å². The molecule has 4 N–H and O–H groups in total. The van der Waals surface area contributed by atoms with Crippen molar-refractivity contribution in [2.75, 3.05) is 25.0 Å². The molecule has 1 aromatic rings. The van der Waals surface area contributed by atoms with Crippen LogP contribution in [0.5, 0.6) is 0 Å². The van der Waals surface area contributed by atoms with E-state index in [9.17, 15) is 4.79 Å². The second-order valence-electron chi connectivity index (χ2n) is 3.67. The van der Waals surface area contributed by atoms with Crippen LogP contribution < -0.4 is 16.4 Å². The van der Waals surface area contributed by atoms with Crippen molar-refractivity contribution in [3.8, 4) is 0 Å². The first-order chi connectivity index (χ1) is 7.75. The molecule has 0 bridgehead atoms. The average Bonchev–Trinajstić information content (AvgIpc) is 2.30. The van der Waals surface area contributed by atoms with Gasteiger partial charge in [0, 0.05) is 18.8 Å². The van der Waals surface area contributed by atoms with Gasteiger partial charge in [-0.05, 0) is 17.7 Å². The Bertz CT molecular complexity index is 358. The summed E-state index contributed by atoms with van der Waals surface area (Å²) in [5, 5.41) is 5.78. The third-order valence-electron chi connectivity index (χ3n) is 2.48. The molecule has 1 saturated heterocycles. The average molecular weight is 221 g/mol. The molecular formula is C11H15N3O2. The predicted molar refractivity (Wildman–Crippen MR) is 61.2 cm³/mol. The van der Waals surface area contributed by atoms with Crippen molar-refractivity contribution in [3.63, 3.8) is 0 Å². The van der Waals surface area contributed by atoms with Crippen molar-refractivity contribution in [2.45, 2.75) is 6.10 Å². The number of anilines is 1. The van der Waals surface area contributed by atoms with E-state index in [1.807, 2.05) is 24.3 Å². The molecule has 0 aliphatic carbocycles. The second kappa shape index (κ2) is 4.96. The van der Waals surface area contributed by atoms with E-state index in [2.05, 4.69) is 10.6 Å². The van der Waals surface area contributed by atoms with Gasteiger partial charge in [0.15, 0.2) is 0 Å². The molecule has 5 heteroatoms. The monoisotopic (exact) mass is 221 g/mol. The lowest BCUT2D eigenvalue weighted by Crippen LogP contribution is -2.33. The number of urea groups is 1. The Hall–Kier alpha value is -1.59. The SMILES string of the molecule is NC(=O)Nc1ccc(C2CNCCO2)cc1. The molecule has 16 heavy (non-hydrogen) atoms. The van der Waals surface area contributed by atoms with Gasteiger partial charge in [0.25, 0.3) is 0 Å². The van der Waals surface area contributed by atoms with Crippen molar-refractivity contribution < 1.29 is 9.53 Å². The lowest BCUT2D eigenvalue weighted by Gasteiger charge is -2.24. The third-order valence-corrected chi connectivity index (χ3v) is 2.48. The number of benzene rings is 1. The molecule has 2 rings (SSSR count). The van der Waals surface area contributed by atoms with Crippen LogP contribution in [0.25, 0.3) is 0 Å². The van der Waals surface area contributed by atoms with Crippen LogP contribution in [0.3, 0.4) is 0 Å². The Labute approximate surface area is 94.0 Å². The number of rotatable bonds is 2. The van der Waals surface area contributed by atoms with E-state index in [1.54, 1.807) is 0 Å². The van der Waals surface area contributed by atoms with Crippen LogP contribution in [0, 0.1) is 0 Å². The number of ether oxygens (including phenoxy) is 1. The molecule has 1 fully saturated rings. The van der Waals surface area contributed by atoms with E-state index < -0.39 is 6.03 Å². The molecular weight excluding hydrogens is 206 g/mol. The molecule has 1 aromatic carbocycles. The summed E-state index contributed by atoms with van der Waals surface area (Å²) in [6.45, 7) is 2.45. The highest BCUT2D eigenvalue weighted by atomic mass is 16.5. The topological polar surface area (TPSA) is 76.4 Å². The maximum atomic E-state index is 10.6. The van der Waals surface area contributed by atoms with Gasteiger partial charge < -0.3 is 21.1 Å². The maximum Gasteiger partial charge on any atom is 0.316 e. The first-order valence-electron chi connectivity index (χ1n) is 5.24. The fourth-order valence-electron chi connectivity index (χ4n) is 1.70. The molecule has 2 amide bonds. The van der Waals surface area contributed by atoms with Crippen LogP contribution in [0.2, 0.25) is 0 Å². The zero-order valence-corrected chi connectivity index (χ0v) is 8.90. The van der Waals surface area contributed by atoms with Crippen molar-refractivity contribution >= 4 is 11.7 Å². The van der Waals surface area contributed by atoms with Crippen LogP contribution in [0.1, 0.15) is 11.7 Å². The second-order valence-corrected chi connectivity index (χ2v) is 3.67. The molecule has 0 radical (unpaired) electrons. The Morgan fingerprint density at radius 3 is 2.75 bits per heavy atom. The summed E-state index contributed by atoms with van der Waals surface area (Å²) < 4.78 is 5.61. The molecule has 86 valence electrons. The zero-order valence-electron chi connectivity index (χ0n) is 8.90. The highest BCUT2D eigenvalue weighted by Crippen LogP contribution is 2.20. The van der Waals surface area contributed by atoms with Gasteiger partial charge in [0.2, 0.25) is 0 Å². The summed E-state index contributed by atoms with van der Waals surface area (Å²) in [5.41, 5.74) is 6.81. The normalized spacial score (nSPS) is 20.4. The van der Waals surface area contributed by atoms with Crippen LogP contribution in [0.15, 0.2) is 24.3 Å². The quantitative estimate of drug-likeness (QED) is 0.692. The standard InChI is InChI=1S/C11H15N3O2/c12-11(15)14-9-3-1-8(2-4-9)10-7-13-5-6-16-10/h1-4,10,13H,5-7H2,(H3,12,14,15). The number of carbonyl (C=O) groups excluding carboxylic acids is 1. The minimum atomic E-state index is -0.552. The third kappa shape index (κ3) is 2.71. The van der Waals surface area contributed by atoms with Crippen LogP contribution in [0.4, 0.5) is 10.5 Å². The Morgan fingerprint density at radius 2 is 2.19 bits per heavy atom. The van der Waals surface area contributed by atoms with E-state index in [0.29, 0.717) is 5.69 Å². The molecule has 1 aliphatic heterocycles.